The lowest BCUT2D eigenvalue weighted by Gasteiger charge is -1.98. The predicted octanol–water partition coefficient (Wildman–Crippen LogP) is 0.620. The second-order valence-electron chi connectivity index (χ2n) is 2.42. The van der Waals surface area contributed by atoms with Crippen molar-refractivity contribution in [2.75, 3.05) is 5.73 Å². The fourth-order valence-corrected chi connectivity index (χ4v) is 1.07. The van der Waals surface area contributed by atoms with Gasteiger partial charge in [0, 0.05) is 17.8 Å². The van der Waals surface area contributed by atoms with E-state index in [9.17, 15) is 0 Å². The van der Waals surface area contributed by atoms with Crippen LogP contribution in [-0.4, -0.2) is 14.6 Å². The number of hydrogen-bond acceptors (Lipinski definition) is 3. The third kappa shape index (κ3) is 0.832. The molecule has 4 nitrogen and oxygen atoms in total. The number of anilines is 1. The van der Waals surface area contributed by atoms with Crippen molar-refractivity contribution in [1.82, 2.24) is 14.6 Å². The monoisotopic (exact) mass is 148 g/mol. The van der Waals surface area contributed by atoms with Crippen LogP contribution in [0.25, 0.3) is 5.65 Å². The molecule has 2 heterocycles. The van der Waals surface area contributed by atoms with Gasteiger partial charge in [-0.25, -0.2) is 4.98 Å². The molecule has 0 atom stereocenters. The number of hydrogen-bond donors (Lipinski definition) is 1. The van der Waals surface area contributed by atoms with Crippen LogP contribution in [0.1, 0.15) is 5.69 Å². The highest BCUT2D eigenvalue weighted by atomic mass is 15.3. The average molecular weight is 148 g/mol. The zero-order chi connectivity index (χ0) is 7.84. The number of rotatable bonds is 0. The Morgan fingerprint density at radius 1 is 1.55 bits per heavy atom. The molecule has 0 fully saturated rings. The van der Waals surface area contributed by atoms with Crippen LogP contribution in [0.4, 0.5) is 5.82 Å². The van der Waals surface area contributed by atoms with Crippen LogP contribution in [-0.2, 0) is 0 Å². The summed E-state index contributed by atoms with van der Waals surface area (Å²) in [6.45, 7) is 1.91. The van der Waals surface area contributed by atoms with Crippen molar-refractivity contribution >= 4 is 11.5 Å². The van der Waals surface area contributed by atoms with Crippen molar-refractivity contribution in [3.8, 4) is 0 Å². The van der Waals surface area contributed by atoms with E-state index in [4.69, 9.17) is 5.73 Å². The van der Waals surface area contributed by atoms with Gasteiger partial charge in [-0.3, -0.25) is 0 Å². The molecular formula is C7H8N4. The van der Waals surface area contributed by atoms with Gasteiger partial charge in [-0.05, 0) is 6.92 Å². The molecule has 56 valence electrons. The van der Waals surface area contributed by atoms with Crippen molar-refractivity contribution in [2.45, 2.75) is 6.92 Å². The quantitative estimate of drug-likeness (QED) is 0.595. The first-order valence-corrected chi connectivity index (χ1v) is 3.34. The molecule has 2 aromatic heterocycles. The maximum absolute atomic E-state index is 5.66. The molecule has 0 aliphatic rings. The first-order chi connectivity index (χ1) is 5.27. The number of aromatic nitrogens is 3. The summed E-state index contributed by atoms with van der Waals surface area (Å²) < 4.78 is 1.60. The van der Waals surface area contributed by atoms with Gasteiger partial charge in [0.25, 0.3) is 0 Å². The minimum absolute atomic E-state index is 0.623. The Labute approximate surface area is 63.7 Å². The van der Waals surface area contributed by atoms with Crippen molar-refractivity contribution in [3.05, 3.63) is 24.0 Å². The second kappa shape index (κ2) is 1.95. The molecule has 0 radical (unpaired) electrons. The summed E-state index contributed by atoms with van der Waals surface area (Å²) in [5.41, 5.74) is 7.37. The number of nitrogen functional groups attached to an aromatic ring is 1. The van der Waals surface area contributed by atoms with Crippen LogP contribution >= 0.6 is 0 Å². The van der Waals surface area contributed by atoms with Crippen molar-refractivity contribution in [3.63, 3.8) is 0 Å². The van der Waals surface area contributed by atoms with E-state index in [1.165, 1.54) is 0 Å². The highest BCUT2D eigenvalue weighted by Gasteiger charge is 1.98. The normalized spacial score (nSPS) is 10.6. The molecule has 4 heteroatoms. The lowest BCUT2D eigenvalue weighted by atomic mass is 10.4. The summed E-state index contributed by atoms with van der Waals surface area (Å²) in [5.74, 6) is 0.623. The summed E-state index contributed by atoms with van der Waals surface area (Å²) in [6, 6.07) is 3.61. The van der Waals surface area contributed by atoms with Crippen LogP contribution in [0.5, 0.6) is 0 Å². The minimum atomic E-state index is 0.623. The van der Waals surface area contributed by atoms with E-state index in [2.05, 4.69) is 10.1 Å². The Bertz CT molecular complexity index is 390. The van der Waals surface area contributed by atoms with Crippen LogP contribution in [0.15, 0.2) is 18.3 Å². The molecule has 0 unspecified atom stereocenters. The maximum atomic E-state index is 5.66. The maximum Gasteiger partial charge on any atom is 0.157 e. The van der Waals surface area contributed by atoms with Gasteiger partial charge in [-0.1, -0.05) is 0 Å². The topological polar surface area (TPSA) is 56.2 Å². The SMILES string of the molecule is Cc1cc(N)n2nccc2n1. The number of nitrogens with two attached hydrogens (primary N) is 1. The van der Waals surface area contributed by atoms with Gasteiger partial charge in [0.1, 0.15) is 5.82 Å². The van der Waals surface area contributed by atoms with Gasteiger partial charge >= 0.3 is 0 Å². The molecule has 2 N–H and O–H groups in total. The highest BCUT2D eigenvalue weighted by Crippen LogP contribution is 2.06. The minimum Gasteiger partial charge on any atom is -0.384 e. The highest BCUT2D eigenvalue weighted by molar-refractivity contribution is 5.45. The van der Waals surface area contributed by atoms with Gasteiger partial charge in [0.15, 0.2) is 5.65 Å². The molecule has 0 aliphatic heterocycles. The molecule has 0 aliphatic carbocycles. The molecule has 0 saturated heterocycles. The Hall–Kier alpha value is -1.58. The largest absolute Gasteiger partial charge is 0.384 e. The molecule has 0 bridgehead atoms. The Balaban J connectivity index is 2.91. The van der Waals surface area contributed by atoms with E-state index in [0.717, 1.165) is 11.3 Å². The van der Waals surface area contributed by atoms with Gasteiger partial charge in [-0.15, -0.1) is 0 Å². The predicted molar refractivity (Wildman–Crippen MR) is 42.1 cm³/mol. The van der Waals surface area contributed by atoms with Crippen LogP contribution < -0.4 is 5.73 Å². The second-order valence-corrected chi connectivity index (χ2v) is 2.42. The van der Waals surface area contributed by atoms with Crippen LogP contribution in [0.2, 0.25) is 0 Å². The molecule has 11 heavy (non-hydrogen) atoms. The van der Waals surface area contributed by atoms with Gasteiger partial charge in [-0.2, -0.15) is 9.61 Å². The van der Waals surface area contributed by atoms with Crippen LogP contribution in [0, 0.1) is 6.92 Å². The van der Waals surface area contributed by atoms with E-state index < -0.39 is 0 Å². The summed E-state index contributed by atoms with van der Waals surface area (Å²) in [6.07, 6.45) is 1.68. The molecule has 0 saturated carbocycles. The molecule has 2 rings (SSSR count). The van der Waals surface area contributed by atoms with E-state index in [1.807, 2.05) is 13.0 Å². The first kappa shape index (κ1) is 6.15. The van der Waals surface area contributed by atoms with Crippen LogP contribution in [0.3, 0.4) is 0 Å². The van der Waals surface area contributed by atoms with Gasteiger partial charge in [0.2, 0.25) is 0 Å². The lowest BCUT2D eigenvalue weighted by molar-refractivity contribution is 0.942. The Kier molecular flexibility index (Phi) is 1.09. The van der Waals surface area contributed by atoms with E-state index in [-0.39, 0.29) is 0 Å². The number of aryl methyl sites for hydroxylation is 1. The summed E-state index contributed by atoms with van der Waals surface area (Å²) >= 11 is 0. The molecule has 0 spiro atoms. The van der Waals surface area contributed by atoms with E-state index in [1.54, 1.807) is 16.8 Å². The lowest BCUT2D eigenvalue weighted by Crippen LogP contribution is -2.00. The molecule has 0 amide bonds. The smallest absolute Gasteiger partial charge is 0.157 e. The third-order valence-electron chi connectivity index (χ3n) is 1.51. The Morgan fingerprint density at radius 2 is 2.36 bits per heavy atom. The zero-order valence-electron chi connectivity index (χ0n) is 6.15. The molecule has 2 aromatic rings. The summed E-state index contributed by atoms with van der Waals surface area (Å²) in [7, 11) is 0. The van der Waals surface area contributed by atoms with Crippen molar-refractivity contribution < 1.29 is 0 Å². The van der Waals surface area contributed by atoms with Crippen molar-refractivity contribution in [1.29, 1.82) is 0 Å². The summed E-state index contributed by atoms with van der Waals surface area (Å²) in [5, 5.41) is 3.99. The van der Waals surface area contributed by atoms with E-state index >= 15 is 0 Å². The molecular weight excluding hydrogens is 140 g/mol. The average Bonchev–Trinajstić information content (AvgIpc) is 2.34. The Morgan fingerprint density at radius 3 is 3.18 bits per heavy atom. The van der Waals surface area contributed by atoms with E-state index in [0.29, 0.717) is 5.82 Å². The number of fused-ring (bicyclic) bond motifs is 1. The van der Waals surface area contributed by atoms with Gasteiger partial charge in [0.05, 0.1) is 6.20 Å². The standard InChI is InChI=1S/C7H8N4/c1-5-4-6(8)11-7(10-5)2-3-9-11/h2-4H,8H2,1H3. The number of nitrogens with zero attached hydrogens (tertiary/aromatic N) is 3. The summed E-state index contributed by atoms with van der Waals surface area (Å²) in [4.78, 5) is 4.22. The third-order valence-corrected chi connectivity index (χ3v) is 1.51. The fourth-order valence-electron chi connectivity index (χ4n) is 1.07. The first-order valence-electron chi connectivity index (χ1n) is 3.34. The van der Waals surface area contributed by atoms with Gasteiger partial charge < -0.3 is 5.73 Å². The fraction of sp³-hybridized carbons (Fsp3) is 0.143. The van der Waals surface area contributed by atoms with Crippen molar-refractivity contribution in [2.24, 2.45) is 0 Å². The molecule has 0 aromatic carbocycles. The zero-order valence-corrected chi connectivity index (χ0v) is 6.15.